The summed E-state index contributed by atoms with van der Waals surface area (Å²) < 4.78 is 11.0. The Bertz CT molecular complexity index is 864. The van der Waals surface area contributed by atoms with Crippen molar-refractivity contribution >= 4 is 17.9 Å². The van der Waals surface area contributed by atoms with Crippen molar-refractivity contribution in [2.24, 2.45) is 0 Å². The SMILES string of the molecule is O=C1N[C@@H](CCN2C(=O)c3ccccc3C2=O)[C@H](COCc2ccccc2)O1. The van der Waals surface area contributed by atoms with E-state index in [0.29, 0.717) is 24.2 Å². The topological polar surface area (TPSA) is 84.9 Å². The largest absolute Gasteiger partial charge is 0.442 e. The highest BCUT2D eigenvalue weighted by molar-refractivity contribution is 6.21. The van der Waals surface area contributed by atoms with Gasteiger partial charge in [0, 0.05) is 6.54 Å². The summed E-state index contributed by atoms with van der Waals surface area (Å²) in [7, 11) is 0. The van der Waals surface area contributed by atoms with E-state index >= 15 is 0 Å². The molecule has 0 spiro atoms. The van der Waals surface area contributed by atoms with Gasteiger partial charge < -0.3 is 14.8 Å². The van der Waals surface area contributed by atoms with Gasteiger partial charge in [0.25, 0.3) is 11.8 Å². The van der Waals surface area contributed by atoms with Crippen LogP contribution in [0.2, 0.25) is 0 Å². The molecule has 2 heterocycles. The molecule has 7 heteroatoms. The van der Waals surface area contributed by atoms with Crippen molar-refractivity contribution < 1.29 is 23.9 Å². The second-order valence-electron chi connectivity index (χ2n) is 6.79. The van der Waals surface area contributed by atoms with Crippen LogP contribution in [0, 0.1) is 0 Å². The lowest BCUT2D eigenvalue weighted by Gasteiger charge is -2.20. The first-order chi connectivity index (χ1) is 13.6. The van der Waals surface area contributed by atoms with Gasteiger partial charge in [-0.3, -0.25) is 14.5 Å². The van der Waals surface area contributed by atoms with Crippen molar-refractivity contribution in [1.82, 2.24) is 10.2 Å². The zero-order valence-electron chi connectivity index (χ0n) is 15.2. The third kappa shape index (κ3) is 3.61. The van der Waals surface area contributed by atoms with Crippen LogP contribution >= 0.6 is 0 Å². The number of cyclic esters (lactones) is 1. The van der Waals surface area contributed by atoms with Crippen LogP contribution in [0.5, 0.6) is 0 Å². The van der Waals surface area contributed by atoms with Crippen molar-refractivity contribution in [2.45, 2.75) is 25.2 Å². The Morgan fingerprint density at radius 3 is 2.25 bits per heavy atom. The average molecular weight is 380 g/mol. The minimum Gasteiger partial charge on any atom is -0.442 e. The Hall–Kier alpha value is -3.19. The van der Waals surface area contributed by atoms with Crippen LogP contribution < -0.4 is 5.32 Å². The smallest absolute Gasteiger partial charge is 0.407 e. The Morgan fingerprint density at radius 2 is 1.57 bits per heavy atom. The molecular weight excluding hydrogens is 360 g/mol. The third-order valence-electron chi connectivity index (χ3n) is 4.95. The summed E-state index contributed by atoms with van der Waals surface area (Å²) in [4.78, 5) is 37.8. The summed E-state index contributed by atoms with van der Waals surface area (Å²) in [5, 5.41) is 2.74. The van der Waals surface area contributed by atoms with Crippen LogP contribution in [0.15, 0.2) is 54.6 Å². The molecule has 2 aliphatic heterocycles. The predicted octanol–water partition coefficient (Wildman–Crippen LogP) is 2.37. The first kappa shape index (κ1) is 18.2. The molecular formula is C21H20N2O5. The van der Waals surface area contributed by atoms with Crippen molar-refractivity contribution in [3.63, 3.8) is 0 Å². The highest BCUT2D eigenvalue weighted by atomic mass is 16.6. The monoisotopic (exact) mass is 380 g/mol. The Labute approximate surface area is 162 Å². The van der Waals surface area contributed by atoms with Gasteiger partial charge in [-0.2, -0.15) is 0 Å². The van der Waals surface area contributed by atoms with Gasteiger partial charge in [0.15, 0.2) is 0 Å². The maximum Gasteiger partial charge on any atom is 0.407 e. The van der Waals surface area contributed by atoms with Gasteiger partial charge in [-0.05, 0) is 24.1 Å². The maximum absolute atomic E-state index is 12.4. The van der Waals surface area contributed by atoms with E-state index in [1.54, 1.807) is 24.3 Å². The second kappa shape index (κ2) is 7.82. The van der Waals surface area contributed by atoms with Gasteiger partial charge in [0.05, 0.1) is 30.4 Å². The summed E-state index contributed by atoms with van der Waals surface area (Å²) in [6.07, 6.45) is -0.580. The predicted molar refractivity (Wildman–Crippen MR) is 99.7 cm³/mol. The zero-order valence-corrected chi connectivity index (χ0v) is 15.2. The van der Waals surface area contributed by atoms with E-state index in [4.69, 9.17) is 9.47 Å². The molecule has 1 fully saturated rings. The van der Waals surface area contributed by atoms with Gasteiger partial charge >= 0.3 is 6.09 Å². The summed E-state index contributed by atoms with van der Waals surface area (Å²) >= 11 is 0. The van der Waals surface area contributed by atoms with Crippen LogP contribution in [0.3, 0.4) is 0 Å². The second-order valence-corrected chi connectivity index (χ2v) is 6.79. The molecule has 1 N–H and O–H groups in total. The number of alkyl carbamates (subject to hydrolysis) is 1. The molecule has 0 bridgehead atoms. The van der Waals surface area contributed by atoms with Gasteiger partial charge in [-0.15, -0.1) is 0 Å². The number of hydrogen-bond donors (Lipinski definition) is 1. The molecule has 4 rings (SSSR count). The number of nitrogens with zero attached hydrogens (tertiary/aromatic N) is 1. The fraction of sp³-hybridized carbons (Fsp3) is 0.286. The van der Waals surface area contributed by atoms with Crippen LogP contribution in [-0.4, -0.2) is 48.1 Å². The van der Waals surface area contributed by atoms with Crippen molar-refractivity contribution in [3.8, 4) is 0 Å². The number of hydrogen-bond acceptors (Lipinski definition) is 5. The molecule has 0 radical (unpaired) electrons. The standard InChI is InChI=1S/C21H20N2O5/c24-19-15-8-4-5-9-16(15)20(25)23(19)11-10-17-18(28-21(26)22-17)13-27-12-14-6-2-1-3-7-14/h1-9,17-18H,10-13H2,(H,22,26)/t17-,18-/m0/s1. The van der Waals surface area contributed by atoms with Gasteiger partial charge in [0.2, 0.25) is 0 Å². The van der Waals surface area contributed by atoms with Crippen LogP contribution in [0.1, 0.15) is 32.7 Å². The average Bonchev–Trinajstić information content (AvgIpc) is 3.18. The molecule has 0 saturated carbocycles. The minimum absolute atomic E-state index is 0.204. The molecule has 2 aromatic rings. The highest BCUT2D eigenvalue weighted by Gasteiger charge is 2.38. The molecule has 0 aliphatic carbocycles. The molecule has 7 nitrogen and oxygen atoms in total. The zero-order chi connectivity index (χ0) is 19.5. The quantitative estimate of drug-likeness (QED) is 0.746. The molecule has 28 heavy (non-hydrogen) atoms. The summed E-state index contributed by atoms with van der Waals surface area (Å²) in [6, 6.07) is 16.1. The Kier molecular flexibility index (Phi) is 5.08. The first-order valence-electron chi connectivity index (χ1n) is 9.17. The number of ether oxygens (including phenoxy) is 2. The molecule has 2 atom stereocenters. The molecule has 144 valence electrons. The third-order valence-corrected chi connectivity index (χ3v) is 4.95. The van der Waals surface area contributed by atoms with Gasteiger partial charge in [-0.25, -0.2) is 4.79 Å². The Balaban J connectivity index is 1.33. The fourth-order valence-electron chi connectivity index (χ4n) is 3.48. The molecule has 2 aliphatic rings. The van der Waals surface area contributed by atoms with E-state index in [9.17, 15) is 14.4 Å². The number of amides is 3. The molecule has 1 saturated heterocycles. The van der Waals surface area contributed by atoms with Crippen molar-refractivity contribution in [2.75, 3.05) is 13.2 Å². The number of imide groups is 1. The normalized spacial score (nSPS) is 20.9. The lowest BCUT2D eigenvalue weighted by molar-refractivity contribution is 0.0251. The van der Waals surface area contributed by atoms with Crippen LogP contribution in [0.25, 0.3) is 0 Å². The van der Waals surface area contributed by atoms with Crippen molar-refractivity contribution in [1.29, 1.82) is 0 Å². The molecule has 0 aromatic heterocycles. The maximum atomic E-state index is 12.4. The molecule has 3 amide bonds. The number of nitrogens with one attached hydrogen (secondary N) is 1. The van der Waals surface area contributed by atoms with E-state index < -0.39 is 12.2 Å². The fourth-order valence-corrected chi connectivity index (χ4v) is 3.48. The summed E-state index contributed by atoms with van der Waals surface area (Å²) in [5.74, 6) is -0.606. The first-order valence-corrected chi connectivity index (χ1v) is 9.17. The molecule has 0 unspecified atom stereocenters. The number of rotatable bonds is 7. The van der Waals surface area contributed by atoms with E-state index in [-0.39, 0.29) is 31.0 Å². The van der Waals surface area contributed by atoms with Crippen LogP contribution in [0.4, 0.5) is 4.79 Å². The lowest BCUT2D eigenvalue weighted by atomic mass is 10.1. The molecule has 2 aromatic carbocycles. The van der Waals surface area contributed by atoms with E-state index in [1.165, 1.54) is 4.90 Å². The van der Waals surface area contributed by atoms with E-state index in [2.05, 4.69) is 5.32 Å². The van der Waals surface area contributed by atoms with Crippen molar-refractivity contribution in [3.05, 3.63) is 71.3 Å². The number of benzene rings is 2. The summed E-state index contributed by atoms with van der Waals surface area (Å²) in [6.45, 7) is 0.857. The van der Waals surface area contributed by atoms with Crippen LogP contribution in [-0.2, 0) is 16.1 Å². The summed E-state index contributed by atoms with van der Waals surface area (Å²) in [5.41, 5.74) is 1.87. The van der Waals surface area contributed by atoms with E-state index in [0.717, 1.165) is 5.56 Å². The number of carbonyl (C=O) groups excluding carboxylic acids is 3. The van der Waals surface area contributed by atoms with E-state index in [1.807, 2.05) is 30.3 Å². The lowest BCUT2D eigenvalue weighted by Crippen LogP contribution is -2.39. The number of fused-ring (bicyclic) bond motifs is 1. The number of carbonyl (C=O) groups is 3. The minimum atomic E-state index is -0.513. The highest BCUT2D eigenvalue weighted by Crippen LogP contribution is 2.23. The van der Waals surface area contributed by atoms with Gasteiger partial charge in [-0.1, -0.05) is 42.5 Å². The van der Waals surface area contributed by atoms with Gasteiger partial charge in [0.1, 0.15) is 6.10 Å². The Morgan fingerprint density at radius 1 is 0.929 bits per heavy atom.